The normalized spacial score (nSPS) is 13.6. The summed E-state index contributed by atoms with van der Waals surface area (Å²) in [6, 6.07) is 11.4. The Kier molecular flexibility index (Phi) is 6.11. The lowest BCUT2D eigenvalue weighted by molar-refractivity contribution is -0.129. The molecule has 5 rings (SSSR count). The third-order valence-electron chi connectivity index (χ3n) is 5.96. The molecule has 1 aliphatic heterocycles. The minimum absolute atomic E-state index is 0.110. The Bertz CT molecular complexity index is 1430. The number of nitrogen functional groups attached to an aromatic ring is 1. The summed E-state index contributed by atoms with van der Waals surface area (Å²) in [5, 5.41) is 2.67. The Hall–Kier alpha value is -4.67. The SMILES string of the molecule is CC(=O)Nc1cn2cc(-c3cnc(N)c(Oc4ccc(N5CCN(C(C)=O)CC5)cc4)n3)ccc2n1. The molecule has 1 aromatic carbocycles. The number of nitrogens with two attached hydrogens (primary N) is 1. The zero-order valence-corrected chi connectivity index (χ0v) is 20.0. The summed E-state index contributed by atoms with van der Waals surface area (Å²) in [4.78, 5) is 40.1. The maximum Gasteiger partial charge on any atom is 0.263 e. The van der Waals surface area contributed by atoms with Crippen molar-refractivity contribution in [1.29, 1.82) is 0 Å². The number of carbonyl (C=O) groups is 2. The fourth-order valence-corrected chi connectivity index (χ4v) is 4.10. The molecule has 3 aromatic heterocycles. The highest BCUT2D eigenvalue weighted by Gasteiger charge is 2.19. The van der Waals surface area contributed by atoms with Crippen LogP contribution in [-0.2, 0) is 9.59 Å². The van der Waals surface area contributed by atoms with Crippen molar-refractivity contribution in [2.24, 2.45) is 0 Å². The van der Waals surface area contributed by atoms with Gasteiger partial charge in [-0.15, -0.1) is 0 Å². The molecule has 1 saturated heterocycles. The number of anilines is 3. The predicted octanol–water partition coefficient (Wildman–Crippen LogP) is 2.79. The minimum atomic E-state index is -0.187. The second-order valence-corrected chi connectivity index (χ2v) is 8.53. The number of nitrogens with one attached hydrogen (secondary N) is 1. The highest BCUT2D eigenvalue weighted by Crippen LogP contribution is 2.29. The summed E-state index contributed by atoms with van der Waals surface area (Å²) in [6.45, 7) is 6.04. The molecule has 3 N–H and O–H groups in total. The quantitative estimate of drug-likeness (QED) is 0.440. The number of benzene rings is 1. The predicted molar refractivity (Wildman–Crippen MR) is 136 cm³/mol. The summed E-state index contributed by atoms with van der Waals surface area (Å²) in [7, 11) is 0. The number of piperazine rings is 1. The molecule has 0 bridgehead atoms. The van der Waals surface area contributed by atoms with Crippen molar-refractivity contribution in [3.05, 3.63) is 55.0 Å². The second-order valence-electron chi connectivity index (χ2n) is 8.53. The van der Waals surface area contributed by atoms with E-state index in [0.717, 1.165) is 24.3 Å². The van der Waals surface area contributed by atoms with Crippen molar-refractivity contribution in [3.63, 3.8) is 0 Å². The number of fused-ring (bicyclic) bond motifs is 1. The van der Waals surface area contributed by atoms with Gasteiger partial charge >= 0.3 is 0 Å². The number of ether oxygens (including phenoxy) is 1. The highest BCUT2D eigenvalue weighted by molar-refractivity contribution is 5.87. The average Bonchev–Trinajstić information content (AvgIpc) is 3.26. The molecule has 0 atom stereocenters. The molecule has 1 fully saturated rings. The van der Waals surface area contributed by atoms with Crippen LogP contribution in [0.3, 0.4) is 0 Å². The topological polar surface area (TPSA) is 131 Å². The molecule has 11 heteroatoms. The number of hydrogen-bond acceptors (Lipinski definition) is 8. The molecule has 1 aliphatic rings. The number of nitrogens with zero attached hydrogens (tertiary/aromatic N) is 6. The van der Waals surface area contributed by atoms with Crippen LogP contribution in [0.25, 0.3) is 16.9 Å². The Morgan fingerprint density at radius 1 is 0.972 bits per heavy atom. The molecule has 2 amide bonds. The molecule has 0 saturated carbocycles. The summed E-state index contributed by atoms with van der Waals surface area (Å²) in [5.41, 5.74) is 9.15. The molecule has 184 valence electrons. The van der Waals surface area contributed by atoms with Gasteiger partial charge in [-0.05, 0) is 36.4 Å². The van der Waals surface area contributed by atoms with Crippen LogP contribution in [0.15, 0.2) is 55.0 Å². The standard InChI is InChI=1S/C25H26N8O3/c1-16(34)28-22-15-33-14-18(3-8-23(33)30-22)21-13-27-24(26)25(29-21)36-20-6-4-19(5-7-20)32-11-9-31(10-12-32)17(2)35/h3-8,13-15H,9-12H2,1-2H3,(H2,26,27)(H,28,34). The molecule has 4 aromatic rings. The van der Waals surface area contributed by atoms with Crippen LogP contribution < -0.4 is 20.7 Å². The van der Waals surface area contributed by atoms with E-state index in [1.165, 1.54) is 6.92 Å². The first-order chi connectivity index (χ1) is 17.4. The van der Waals surface area contributed by atoms with Gasteiger partial charge in [-0.3, -0.25) is 9.59 Å². The van der Waals surface area contributed by atoms with E-state index in [2.05, 4.69) is 25.2 Å². The lowest BCUT2D eigenvalue weighted by Crippen LogP contribution is -2.48. The Morgan fingerprint density at radius 2 is 1.72 bits per heavy atom. The van der Waals surface area contributed by atoms with E-state index in [1.54, 1.807) is 23.7 Å². The smallest absolute Gasteiger partial charge is 0.263 e. The van der Waals surface area contributed by atoms with Crippen molar-refractivity contribution >= 4 is 34.8 Å². The number of aromatic nitrogens is 4. The first-order valence-electron chi connectivity index (χ1n) is 11.5. The van der Waals surface area contributed by atoms with Crippen molar-refractivity contribution < 1.29 is 14.3 Å². The maximum atomic E-state index is 11.5. The molecule has 0 unspecified atom stereocenters. The Balaban J connectivity index is 1.31. The number of pyridine rings is 1. The lowest BCUT2D eigenvalue weighted by Gasteiger charge is -2.35. The van der Waals surface area contributed by atoms with E-state index in [4.69, 9.17) is 10.5 Å². The van der Waals surface area contributed by atoms with Gasteiger partial charge in [-0.2, -0.15) is 0 Å². The number of carbonyl (C=O) groups excluding carboxylic acids is 2. The summed E-state index contributed by atoms with van der Waals surface area (Å²) >= 11 is 0. The largest absolute Gasteiger partial charge is 0.436 e. The van der Waals surface area contributed by atoms with Crippen LogP contribution in [0.2, 0.25) is 0 Å². The fraction of sp³-hybridized carbons (Fsp3) is 0.240. The number of rotatable bonds is 5. The number of imidazole rings is 1. The molecule has 11 nitrogen and oxygen atoms in total. The van der Waals surface area contributed by atoms with Crippen LogP contribution in [0.1, 0.15) is 13.8 Å². The lowest BCUT2D eigenvalue weighted by atomic mass is 10.2. The monoisotopic (exact) mass is 486 g/mol. The highest BCUT2D eigenvalue weighted by atomic mass is 16.5. The molecule has 0 aliphatic carbocycles. The van der Waals surface area contributed by atoms with Crippen molar-refractivity contribution in [2.45, 2.75) is 13.8 Å². The summed E-state index contributed by atoms with van der Waals surface area (Å²) < 4.78 is 7.76. The van der Waals surface area contributed by atoms with E-state index < -0.39 is 0 Å². The van der Waals surface area contributed by atoms with E-state index >= 15 is 0 Å². The molecule has 36 heavy (non-hydrogen) atoms. The van der Waals surface area contributed by atoms with E-state index in [0.29, 0.717) is 36.0 Å². The summed E-state index contributed by atoms with van der Waals surface area (Å²) in [5.74, 6) is 1.37. The van der Waals surface area contributed by atoms with Gasteiger partial charge in [0.15, 0.2) is 11.6 Å². The van der Waals surface area contributed by atoms with E-state index in [9.17, 15) is 9.59 Å². The third kappa shape index (κ3) is 4.90. The van der Waals surface area contributed by atoms with Gasteiger partial charge in [-0.25, -0.2) is 15.0 Å². The van der Waals surface area contributed by atoms with Crippen LogP contribution in [0, 0.1) is 0 Å². The van der Waals surface area contributed by atoms with E-state index in [1.807, 2.05) is 47.5 Å². The first-order valence-corrected chi connectivity index (χ1v) is 11.5. The van der Waals surface area contributed by atoms with Gasteiger partial charge in [0, 0.05) is 57.5 Å². The first kappa shape index (κ1) is 23.1. The van der Waals surface area contributed by atoms with Crippen molar-refractivity contribution in [1.82, 2.24) is 24.3 Å². The molecular formula is C25H26N8O3. The van der Waals surface area contributed by atoms with Crippen LogP contribution in [-0.4, -0.2) is 62.2 Å². The second kappa shape index (κ2) is 9.53. The maximum absolute atomic E-state index is 11.5. The average molecular weight is 487 g/mol. The van der Waals surface area contributed by atoms with Crippen LogP contribution in [0.4, 0.5) is 17.3 Å². The Labute approximate surface area is 207 Å². The molecule has 0 radical (unpaired) electrons. The van der Waals surface area contributed by atoms with Crippen LogP contribution >= 0.6 is 0 Å². The third-order valence-corrected chi connectivity index (χ3v) is 5.96. The fourth-order valence-electron chi connectivity index (χ4n) is 4.10. The molecule has 4 heterocycles. The number of amides is 2. The van der Waals surface area contributed by atoms with Crippen molar-refractivity contribution in [2.75, 3.05) is 42.1 Å². The van der Waals surface area contributed by atoms with Gasteiger partial charge in [0.2, 0.25) is 11.8 Å². The molecule has 0 spiro atoms. The molecular weight excluding hydrogens is 460 g/mol. The van der Waals surface area contributed by atoms with Crippen LogP contribution in [0.5, 0.6) is 11.6 Å². The van der Waals surface area contributed by atoms with Gasteiger partial charge in [-0.1, -0.05) is 0 Å². The van der Waals surface area contributed by atoms with Gasteiger partial charge in [0.1, 0.15) is 11.4 Å². The Morgan fingerprint density at radius 3 is 2.42 bits per heavy atom. The van der Waals surface area contributed by atoms with Gasteiger partial charge < -0.3 is 30.0 Å². The van der Waals surface area contributed by atoms with Gasteiger partial charge in [0.05, 0.1) is 18.1 Å². The zero-order valence-electron chi connectivity index (χ0n) is 20.0. The van der Waals surface area contributed by atoms with Gasteiger partial charge in [0.25, 0.3) is 5.88 Å². The minimum Gasteiger partial charge on any atom is -0.436 e. The summed E-state index contributed by atoms with van der Waals surface area (Å²) in [6.07, 6.45) is 5.15. The van der Waals surface area contributed by atoms with E-state index in [-0.39, 0.29) is 23.5 Å². The zero-order chi connectivity index (χ0) is 25.2. The number of hydrogen-bond donors (Lipinski definition) is 2. The van der Waals surface area contributed by atoms with Crippen molar-refractivity contribution in [3.8, 4) is 22.9 Å².